The maximum absolute atomic E-state index is 13.4. The largest absolute Gasteiger partial charge is 0.369 e. The average molecular weight is 316 g/mol. The number of benzene rings is 1. The van der Waals surface area contributed by atoms with Crippen molar-refractivity contribution in [1.29, 1.82) is 0 Å². The van der Waals surface area contributed by atoms with Gasteiger partial charge in [-0.25, -0.2) is 9.37 Å². The molecule has 1 aliphatic heterocycles. The molecular weight excluding hydrogens is 305 g/mol. The molecule has 0 aliphatic carbocycles. The minimum Gasteiger partial charge on any atom is -0.369 e. The first-order valence-electron chi connectivity index (χ1n) is 5.37. The van der Waals surface area contributed by atoms with Crippen LogP contribution in [0, 0.1) is 5.82 Å². The van der Waals surface area contributed by atoms with Gasteiger partial charge < -0.3 is 10.3 Å². The number of nitrogen functional groups attached to an aromatic ring is 1. The van der Waals surface area contributed by atoms with Crippen molar-refractivity contribution in [3.63, 3.8) is 0 Å². The van der Waals surface area contributed by atoms with E-state index in [9.17, 15) is 4.39 Å². The summed E-state index contributed by atoms with van der Waals surface area (Å²) in [5.74, 6) is 2.37. The molecule has 3 nitrogen and oxygen atoms in total. The Bertz CT molecular complexity index is 578. The Hall–Kier alpha value is -0.750. The number of hydrogen-bond acceptors (Lipinski definition) is 3. The highest BCUT2D eigenvalue weighted by molar-refractivity contribution is 9.10. The van der Waals surface area contributed by atoms with E-state index in [1.54, 1.807) is 6.07 Å². The number of nitrogens with two attached hydrogens (primary N) is 1. The zero-order valence-electron chi connectivity index (χ0n) is 8.99. The van der Waals surface area contributed by atoms with Crippen molar-refractivity contribution in [2.75, 3.05) is 17.2 Å². The quantitative estimate of drug-likeness (QED) is 0.879. The van der Waals surface area contributed by atoms with Gasteiger partial charge in [-0.3, -0.25) is 0 Å². The van der Waals surface area contributed by atoms with Gasteiger partial charge in [-0.1, -0.05) is 0 Å². The summed E-state index contributed by atoms with van der Waals surface area (Å²) in [5.41, 5.74) is 7.47. The van der Waals surface area contributed by atoms with Crippen molar-refractivity contribution in [3.8, 4) is 0 Å². The van der Waals surface area contributed by atoms with E-state index in [2.05, 4.69) is 20.9 Å². The van der Waals surface area contributed by atoms with Gasteiger partial charge in [0.1, 0.15) is 5.82 Å². The molecule has 0 radical (unpaired) electrons. The van der Waals surface area contributed by atoms with Crippen LogP contribution >= 0.6 is 27.7 Å². The Morgan fingerprint density at radius 1 is 1.53 bits per heavy atom. The lowest BCUT2D eigenvalue weighted by atomic mass is 10.2. The number of thioether (sulfide) groups is 1. The number of rotatable bonds is 1. The van der Waals surface area contributed by atoms with Crippen LogP contribution in [0.25, 0.3) is 11.0 Å². The molecule has 1 aromatic heterocycles. The Labute approximate surface area is 111 Å². The average Bonchev–Trinajstić information content (AvgIpc) is 2.86. The molecule has 1 aliphatic rings. The van der Waals surface area contributed by atoms with Crippen molar-refractivity contribution >= 4 is 44.7 Å². The number of nitrogens with zero attached hydrogens (tertiary/aromatic N) is 2. The molecule has 1 aromatic carbocycles. The molecule has 2 heterocycles. The highest BCUT2D eigenvalue weighted by Crippen LogP contribution is 2.34. The number of imidazole rings is 1. The van der Waals surface area contributed by atoms with Crippen LogP contribution in [0.2, 0.25) is 0 Å². The summed E-state index contributed by atoms with van der Waals surface area (Å²) in [4.78, 5) is 4.23. The van der Waals surface area contributed by atoms with E-state index in [4.69, 9.17) is 5.73 Å². The van der Waals surface area contributed by atoms with Gasteiger partial charge in [-0.05, 0) is 34.2 Å². The van der Waals surface area contributed by atoms with Crippen LogP contribution in [0.15, 0.2) is 16.6 Å². The monoisotopic (exact) mass is 315 g/mol. The van der Waals surface area contributed by atoms with E-state index in [1.165, 1.54) is 6.07 Å². The Kier molecular flexibility index (Phi) is 2.78. The first kappa shape index (κ1) is 11.3. The van der Waals surface area contributed by atoms with Crippen LogP contribution in [0.4, 0.5) is 10.3 Å². The molecule has 1 unspecified atom stereocenters. The standard InChI is InChI=1S/C11H11BrFN3S/c12-7-3-10-9(4-8(7)13)15-11(14)16(10)6-1-2-17-5-6/h3-4,6H,1-2,5H2,(H2,14,15). The highest BCUT2D eigenvalue weighted by Gasteiger charge is 2.22. The van der Waals surface area contributed by atoms with Gasteiger partial charge in [0.15, 0.2) is 0 Å². The molecule has 2 N–H and O–H groups in total. The molecule has 90 valence electrons. The highest BCUT2D eigenvalue weighted by atomic mass is 79.9. The minimum atomic E-state index is -0.303. The van der Waals surface area contributed by atoms with Crippen LogP contribution in [0.5, 0.6) is 0 Å². The number of anilines is 1. The second-order valence-electron chi connectivity index (χ2n) is 4.11. The predicted octanol–water partition coefficient (Wildman–Crippen LogP) is 3.20. The molecule has 3 rings (SSSR count). The summed E-state index contributed by atoms with van der Waals surface area (Å²) in [5, 5.41) is 0. The molecule has 6 heteroatoms. The second-order valence-corrected chi connectivity index (χ2v) is 6.12. The van der Waals surface area contributed by atoms with Crippen molar-refractivity contribution in [2.45, 2.75) is 12.5 Å². The first-order chi connectivity index (χ1) is 8.16. The van der Waals surface area contributed by atoms with Crippen LogP contribution in [0.1, 0.15) is 12.5 Å². The summed E-state index contributed by atoms with van der Waals surface area (Å²) >= 11 is 5.12. The molecule has 1 fully saturated rings. The fraction of sp³-hybridized carbons (Fsp3) is 0.364. The van der Waals surface area contributed by atoms with E-state index in [-0.39, 0.29) is 5.82 Å². The second kappa shape index (κ2) is 4.17. The topological polar surface area (TPSA) is 43.8 Å². The predicted molar refractivity (Wildman–Crippen MR) is 72.8 cm³/mol. The smallest absolute Gasteiger partial charge is 0.201 e. The maximum Gasteiger partial charge on any atom is 0.201 e. The Morgan fingerprint density at radius 2 is 2.35 bits per heavy atom. The fourth-order valence-electron chi connectivity index (χ4n) is 2.22. The van der Waals surface area contributed by atoms with Crippen molar-refractivity contribution in [2.24, 2.45) is 0 Å². The van der Waals surface area contributed by atoms with E-state index < -0.39 is 0 Å². The molecule has 17 heavy (non-hydrogen) atoms. The number of fused-ring (bicyclic) bond motifs is 1. The van der Waals surface area contributed by atoms with Crippen LogP contribution in [-0.4, -0.2) is 21.1 Å². The van der Waals surface area contributed by atoms with Crippen LogP contribution in [0.3, 0.4) is 0 Å². The molecule has 1 saturated heterocycles. The number of hydrogen-bond donors (Lipinski definition) is 1. The SMILES string of the molecule is Nc1nc2cc(F)c(Br)cc2n1C1CCSC1. The lowest BCUT2D eigenvalue weighted by Crippen LogP contribution is -2.10. The molecule has 0 spiro atoms. The molecular formula is C11H11BrFN3S. The molecule has 0 bridgehead atoms. The fourth-order valence-corrected chi connectivity index (χ4v) is 3.74. The molecule has 0 saturated carbocycles. The van der Waals surface area contributed by atoms with Crippen molar-refractivity contribution < 1.29 is 4.39 Å². The van der Waals surface area contributed by atoms with Gasteiger partial charge in [0.2, 0.25) is 5.95 Å². The van der Waals surface area contributed by atoms with Gasteiger partial charge in [-0.15, -0.1) is 0 Å². The number of aromatic nitrogens is 2. The van der Waals surface area contributed by atoms with Gasteiger partial charge in [0.05, 0.1) is 15.5 Å². The van der Waals surface area contributed by atoms with Crippen molar-refractivity contribution in [3.05, 3.63) is 22.4 Å². The minimum absolute atomic E-state index is 0.303. The van der Waals surface area contributed by atoms with Gasteiger partial charge >= 0.3 is 0 Å². The van der Waals surface area contributed by atoms with E-state index in [0.29, 0.717) is 22.0 Å². The molecule has 2 aromatic rings. The first-order valence-corrected chi connectivity index (χ1v) is 7.32. The van der Waals surface area contributed by atoms with E-state index in [0.717, 1.165) is 23.4 Å². The van der Waals surface area contributed by atoms with Crippen LogP contribution in [-0.2, 0) is 0 Å². The molecule has 0 amide bonds. The third kappa shape index (κ3) is 1.83. The summed E-state index contributed by atoms with van der Waals surface area (Å²) in [7, 11) is 0. The summed E-state index contributed by atoms with van der Waals surface area (Å²) < 4.78 is 15.9. The Balaban J connectivity index is 2.22. The Morgan fingerprint density at radius 3 is 3.06 bits per heavy atom. The lowest BCUT2D eigenvalue weighted by molar-refractivity contribution is 0.582. The summed E-state index contributed by atoms with van der Waals surface area (Å²) in [6.45, 7) is 0. The summed E-state index contributed by atoms with van der Waals surface area (Å²) in [6.07, 6.45) is 1.09. The third-order valence-electron chi connectivity index (χ3n) is 3.03. The maximum atomic E-state index is 13.4. The zero-order chi connectivity index (χ0) is 12.0. The van der Waals surface area contributed by atoms with Gasteiger partial charge in [0, 0.05) is 17.9 Å². The van der Waals surface area contributed by atoms with Crippen LogP contribution < -0.4 is 5.73 Å². The van der Waals surface area contributed by atoms with Crippen molar-refractivity contribution in [1.82, 2.24) is 9.55 Å². The molecule has 1 atom stereocenters. The number of halogens is 2. The van der Waals surface area contributed by atoms with Gasteiger partial charge in [-0.2, -0.15) is 11.8 Å². The van der Waals surface area contributed by atoms with E-state index >= 15 is 0 Å². The summed E-state index contributed by atoms with van der Waals surface area (Å²) in [6, 6.07) is 3.56. The van der Waals surface area contributed by atoms with Gasteiger partial charge in [0.25, 0.3) is 0 Å². The zero-order valence-corrected chi connectivity index (χ0v) is 11.4. The van der Waals surface area contributed by atoms with E-state index in [1.807, 2.05) is 16.3 Å². The normalized spacial score (nSPS) is 20.2. The lowest BCUT2D eigenvalue weighted by Gasteiger charge is -2.13. The third-order valence-corrected chi connectivity index (χ3v) is 4.78.